The number of aromatic nitrogens is 2. The van der Waals surface area contributed by atoms with Crippen LogP contribution in [0.4, 0.5) is 0 Å². The first-order chi connectivity index (χ1) is 5.86. The van der Waals surface area contributed by atoms with Crippen LogP contribution in [0.3, 0.4) is 0 Å². The fourth-order valence-electron chi connectivity index (χ4n) is 0.811. The molecule has 1 N–H and O–H groups in total. The van der Waals surface area contributed by atoms with E-state index in [1.165, 1.54) is 0 Å². The van der Waals surface area contributed by atoms with Crippen LogP contribution in [-0.2, 0) is 17.8 Å². The summed E-state index contributed by atoms with van der Waals surface area (Å²) in [5.41, 5.74) is 3.74. The summed E-state index contributed by atoms with van der Waals surface area (Å²) in [6.07, 6.45) is 4.48. The second-order valence-corrected chi connectivity index (χ2v) is 2.39. The maximum atomic E-state index is 4.70. The fraction of sp³-hybridized carbons (Fsp3) is 0.500. The second kappa shape index (κ2) is 4.79. The first kappa shape index (κ1) is 9.09. The molecule has 0 aromatic carbocycles. The number of nitrogens with one attached hydrogen (secondary N) is 1. The van der Waals surface area contributed by atoms with Crippen molar-refractivity contribution in [1.29, 1.82) is 0 Å². The second-order valence-electron chi connectivity index (χ2n) is 2.39. The fourth-order valence-corrected chi connectivity index (χ4v) is 0.811. The molecule has 0 bridgehead atoms. The first-order valence-corrected chi connectivity index (χ1v) is 3.92. The van der Waals surface area contributed by atoms with Crippen LogP contribution in [-0.4, -0.2) is 17.1 Å². The van der Waals surface area contributed by atoms with Crippen LogP contribution in [0.2, 0.25) is 0 Å². The topological polar surface area (TPSA) is 47.0 Å². The lowest BCUT2D eigenvalue weighted by Crippen LogP contribution is -2.11. The van der Waals surface area contributed by atoms with Crippen molar-refractivity contribution in [2.75, 3.05) is 7.11 Å². The van der Waals surface area contributed by atoms with Crippen molar-refractivity contribution < 1.29 is 4.84 Å². The van der Waals surface area contributed by atoms with Crippen LogP contribution in [0.15, 0.2) is 12.4 Å². The zero-order chi connectivity index (χ0) is 8.81. The van der Waals surface area contributed by atoms with Crippen LogP contribution in [0.5, 0.6) is 0 Å². The maximum Gasteiger partial charge on any atom is 0.127 e. The van der Waals surface area contributed by atoms with Crippen LogP contribution in [0.1, 0.15) is 18.3 Å². The molecule has 1 aromatic heterocycles. The molecule has 0 fully saturated rings. The van der Waals surface area contributed by atoms with Gasteiger partial charge in [-0.25, -0.2) is 9.97 Å². The Morgan fingerprint density at radius 3 is 2.58 bits per heavy atom. The van der Waals surface area contributed by atoms with E-state index in [-0.39, 0.29) is 0 Å². The molecule has 0 radical (unpaired) electrons. The molecule has 66 valence electrons. The zero-order valence-corrected chi connectivity index (χ0v) is 7.37. The third-order valence-corrected chi connectivity index (χ3v) is 1.50. The molecule has 1 heterocycles. The Hall–Kier alpha value is -1.00. The van der Waals surface area contributed by atoms with Gasteiger partial charge in [-0.05, 0) is 0 Å². The smallest absolute Gasteiger partial charge is 0.127 e. The van der Waals surface area contributed by atoms with Gasteiger partial charge in [-0.2, -0.15) is 5.48 Å². The molecular formula is C8H13N3O. The number of hydrogen-bond acceptors (Lipinski definition) is 4. The molecule has 0 saturated heterocycles. The Labute approximate surface area is 71.9 Å². The highest BCUT2D eigenvalue weighted by atomic mass is 16.6. The van der Waals surface area contributed by atoms with E-state index in [9.17, 15) is 0 Å². The molecule has 0 saturated carbocycles. The average Bonchev–Trinajstić information content (AvgIpc) is 2.15. The van der Waals surface area contributed by atoms with Gasteiger partial charge in [0.25, 0.3) is 0 Å². The zero-order valence-electron chi connectivity index (χ0n) is 7.37. The van der Waals surface area contributed by atoms with Gasteiger partial charge in [-0.1, -0.05) is 6.92 Å². The lowest BCUT2D eigenvalue weighted by atomic mass is 10.3. The predicted molar refractivity (Wildman–Crippen MR) is 45.3 cm³/mol. The first-order valence-electron chi connectivity index (χ1n) is 3.92. The standard InChI is InChI=1S/C8H13N3O/c1-3-8-9-4-7(5-10-8)6-11-12-2/h4-5,11H,3,6H2,1-2H3. The minimum Gasteiger partial charge on any atom is -0.305 e. The quantitative estimate of drug-likeness (QED) is 0.670. The summed E-state index contributed by atoms with van der Waals surface area (Å²) in [5.74, 6) is 0.871. The minimum absolute atomic E-state index is 0.639. The Bertz CT molecular complexity index is 222. The molecule has 0 atom stereocenters. The number of hydroxylamine groups is 1. The van der Waals surface area contributed by atoms with Gasteiger partial charge in [0.05, 0.1) is 7.11 Å². The number of nitrogens with zero attached hydrogens (tertiary/aromatic N) is 2. The van der Waals surface area contributed by atoms with Gasteiger partial charge in [-0.15, -0.1) is 0 Å². The summed E-state index contributed by atoms with van der Waals surface area (Å²) in [4.78, 5) is 13.0. The Balaban J connectivity index is 2.53. The van der Waals surface area contributed by atoms with Crippen LogP contribution in [0, 0.1) is 0 Å². The monoisotopic (exact) mass is 167 g/mol. The largest absolute Gasteiger partial charge is 0.305 e. The van der Waals surface area contributed by atoms with E-state index in [1.807, 2.05) is 6.92 Å². The van der Waals surface area contributed by atoms with Crippen molar-refractivity contribution >= 4 is 0 Å². The minimum atomic E-state index is 0.639. The molecular weight excluding hydrogens is 154 g/mol. The van der Waals surface area contributed by atoms with E-state index >= 15 is 0 Å². The molecule has 4 heteroatoms. The van der Waals surface area contributed by atoms with Gasteiger partial charge < -0.3 is 4.84 Å². The summed E-state index contributed by atoms with van der Waals surface area (Å²) in [6, 6.07) is 0. The van der Waals surface area contributed by atoms with E-state index in [0.717, 1.165) is 17.8 Å². The number of aryl methyl sites for hydroxylation is 1. The van der Waals surface area contributed by atoms with Crippen molar-refractivity contribution in [1.82, 2.24) is 15.4 Å². The van der Waals surface area contributed by atoms with E-state index < -0.39 is 0 Å². The molecule has 4 nitrogen and oxygen atoms in total. The summed E-state index contributed by atoms with van der Waals surface area (Å²) < 4.78 is 0. The normalized spacial score (nSPS) is 10.2. The van der Waals surface area contributed by atoms with Crippen molar-refractivity contribution in [2.45, 2.75) is 19.9 Å². The Morgan fingerprint density at radius 1 is 1.42 bits per heavy atom. The van der Waals surface area contributed by atoms with Crippen molar-refractivity contribution in [2.24, 2.45) is 0 Å². The van der Waals surface area contributed by atoms with E-state index in [2.05, 4.69) is 15.4 Å². The summed E-state index contributed by atoms with van der Waals surface area (Å²) in [7, 11) is 1.58. The third-order valence-electron chi connectivity index (χ3n) is 1.50. The molecule has 0 amide bonds. The lowest BCUT2D eigenvalue weighted by molar-refractivity contribution is 0.0865. The highest BCUT2D eigenvalue weighted by molar-refractivity contribution is 5.04. The maximum absolute atomic E-state index is 4.70. The predicted octanol–water partition coefficient (Wildman–Crippen LogP) is 0.690. The molecule has 0 unspecified atom stereocenters. The Morgan fingerprint density at radius 2 is 2.08 bits per heavy atom. The SMILES string of the molecule is CCc1ncc(CNOC)cn1. The van der Waals surface area contributed by atoms with Gasteiger partial charge in [-0.3, -0.25) is 0 Å². The molecule has 1 rings (SSSR count). The van der Waals surface area contributed by atoms with Crippen molar-refractivity contribution in [3.05, 3.63) is 23.8 Å². The molecule has 0 aliphatic heterocycles. The van der Waals surface area contributed by atoms with Gasteiger partial charge >= 0.3 is 0 Å². The van der Waals surface area contributed by atoms with Crippen LogP contribution >= 0.6 is 0 Å². The van der Waals surface area contributed by atoms with Gasteiger partial charge in [0.1, 0.15) is 5.82 Å². The molecule has 0 spiro atoms. The highest BCUT2D eigenvalue weighted by Crippen LogP contribution is 1.95. The highest BCUT2D eigenvalue weighted by Gasteiger charge is 1.94. The van der Waals surface area contributed by atoms with E-state index in [0.29, 0.717) is 6.54 Å². The summed E-state index contributed by atoms with van der Waals surface area (Å²) in [5, 5.41) is 0. The molecule has 0 aliphatic carbocycles. The summed E-state index contributed by atoms with van der Waals surface area (Å²) >= 11 is 0. The van der Waals surface area contributed by atoms with Gasteiger partial charge in [0.15, 0.2) is 0 Å². The van der Waals surface area contributed by atoms with Crippen molar-refractivity contribution in [3.8, 4) is 0 Å². The van der Waals surface area contributed by atoms with E-state index in [4.69, 9.17) is 4.84 Å². The average molecular weight is 167 g/mol. The number of hydrogen-bond donors (Lipinski definition) is 1. The van der Waals surface area contributed by atoms with Crippen molar-refractivity contribution in [3.63, 3.8) is 0 Å². The van der Waals surface area contributed by atoms with Gasteiger partial charge in [0, 0.05) is 30.9 Å². The molecule has 1 aromatic rings. The van der Waals surface area contributed by atoms with Crippen LogP contribution in [0.25, 0.3) is 0 Å². The lowest BCUT2D eigenvalue weighted by Gasteiger charge is -2.01. The molecule has 12 heavy (non-hydrogen) atoms. The van der Waals surface area contributed by atoms with Crippen LogP contribution < -0.4 is 5.48 Å². The third kappa shape index (κ3) is 2.56. The summed E-state index contributed by atoms with van der Waals surface area (Å²) in [6.45, 7) is 2.67. The molecule has 0 aliphatic rings. The van der Waals surface area contributed by atoms with Gasteiger partial charge in [0.2, 0.25) is 0 Å². The Kier molecular flexibility index (Phi) is 3.63. The number of rotatable bonds is 4. The van der Waals surface area contributed by atoms with E-state index in [1.54, 1.807) is 19.5 Å².